The van der Waals surface area contributed by atoms with Gasteiger partial charge in [0.25, 0.3) is 0 Å². The molecule has 0 amide bonds. The molecule has 0 saturated heterocycles. The van der Waals surface area contributed by atoms with Crippen molar-refractivity contribution in [1.82, 2.24) is 14.5 Å². The number of nitrogens with zero attached hydrogens (tertiary/aromatic N) is 3. The first-order valence-corrected chi connectivity index (χ1v) is 14.7. The molecule has 10 rings (SSSR count). The number of furan rings is 1. The summed E-state index contributed by atoms with van der Waals surface area (Å²) in [5.74, 6) is 0.350. The van der Waals surface area contributed by atoms with Crippen molar-refractivity contribution in [1.29, 1.82) is 0 Å². The first kappa shape index (κ1) is 18.8. The molecular formula is C38H21N3OS. The maximum absolute atomic E-state index is 8.86. The highest BCUT2D eigenvalue weighted by molar-refractivity contribution is 7.26. The van der Waals surface area contributed by atoms with Gasteiger partial charge in [-0.1, -0.05) is 90.9 Å². The molecule has 0 unspecified atom stereocenters. The number of para-hydroxylation sites is 2. The molecule has 4 heterocycles. The number of rotatable bonds is 2. The lowest BCUT2D eigenvalue weighted by molar-refractivity contribution is 0.669. The minimum Gasteiger partial charge on any atom is -0.456 e. The Hall–Kier alpha value is -5.52. The zero-order valence-electron chi connectivity index (χ0n) is 27.4. The molecule has 4 aromatic heterocycles. The van der Waals surface area contributed by atoms with Gasteiger partial charge >= 0.3 is 0 Å². The van der Waals surface area contributed by atoms with E-state index in [1.54, 1.807) is 0 Å². The maximum atomic E-state index is 8.86. The Balaban J connectivity index is 1.38. The average molecular weight is 573 g/mol. The summed E-state index contributed by atoms with van der Waals surface area (Å²) in [5, 5.41) is 7.12. The van der Waals surface area contributed by atoms with Crippen LogP contribution < -0.4 is 0 Å². The van der Waals surface area contributed by atoms with E-state index in [4.69, 9.17) is 21.2 Å². The van der Waals surface area contributed by atoms with Crippen LogP contribution in [0.1, 0.15) is 6.85 Å². The van der Waals surface area contributed by atoms with Crippen LogP contribution >= 0.6 is 11.3 Å². The van der Waals surface area contributed by atoms with Gasteiger partial charge in [-0.05, 0) is 47.2 Å². The van der Waals surface area contributed by atoms with Gasteiger partial charge in [-0.2, -0.15) is 0 Å². The fourth-order valence-corrected chi connectivity index (χ4v) is 7.58. The van der Waals surface area contributed by atoms with E-state index in [1.165, 1.54) is 11.3 Å². The largest absolute Gasteiger partial charge is 0.456 e. The van der Waals surface area contributed by atoms with Crippen molar-refractivity contribution in [2.75, 3.05) is 0 Å². The minimum absolute atomic E-state index is 0.0546. The fourth-order valence-electron chi connectivity index (χ4n) is 6.44. The zero-order valence-corrected chi connectivity index (χ0v) is 23.2. The van der Waals surface area contributed by atoms with E-state index in [1.807, 2.05) is 71.3 Å². The van der Waals surface area contributed by atoms with Crippen molar-refractivity contribution < 1.29 is 11.3 Å². The second kappa shape index (κ2) is 8.51. The van der Waals surface area contributed by atoms with Crippen LogP contribution in [0, 0.1) is 0 Å². The molecule has 0 bridgehead atoms. The molecule has 5 heteroatoms. The van der Waals surface area contributed by atoms with Gasteiger partial charge in [-0.15, -0.1) is 11.3 Å². The van der Waals surface area contributed by atoms with Gasteiger partial charge in [-0.25, -0.2) is 9.97 Å². The van der Waals surface area contributed by atoms with E-state index in [-0.39, 0.29) is 17.6 Å². The molecule has 0 aliphatic carbocycles. The lowest BCUT2D eigenvalue weighted by atomic mass is 10.0. The second-order valence-electron chi connectivity index (χ2n) is 10.6. The first-order valence-electron chi connectivity index (χ1n) is 16.4. The lowest BCUT2D eigenvalue weighted by Gasteiger charge is -2.10. The van der Waals surface area contributed by atoms with Gasteiger partial charge in [0.1, 0.15) is 11.2 Å². The highest BCUT2D eigenvalue weighted by atomic mass is 32.1. The molecule has 10 aromatic rings. The maximum Gasteiger partial charge on any atom is 0.235 e. The molecule has 0 radical (unpaired) electrons. The van der Waals surface area contributed by atoms with Gasteiger partial charge in [0, 0.05) is 37.2 Å². The number of hydrogen-bond donors (Lipinski definition) is 0. The van der Waals surface area contributed by atoms with Crippen LogP contribution in [0.2, 0.25) is 0 Å². The van der Waals surface area contributed by atoms with Crippen LogP contribution in [0.25, 0.3) is 92.0 Å². The van der Waals surface area contributed by atoms with Crippen molar-refractivity contribution in [3.05, 3.63) is 127 Å². The summed E-state index contributed by atoms with van der Waals surface area (Å²) in [7, 11) is 0. The molecule has 43 heavy (non-hydrogen) atoms. The standard InChI is InChI=1S/C38H21N3OS/c1-2-10-22(11-3-1)35-37-36(26-14-6-9-17-33(26)43-37)40-38(39-35)41-29-15-7-4-12-24(29)28-20-23-18-19-32-34(27(23)21-30(28)41)25-13-5-8-16-31(25)42-32/h1-21H/i1D,2D,3D,10D,11D. The fraction of sp³-hybridized carbons (Fsp3) is 0. The molecule has 4 nitrogen and oxygen atoms in total. The predicted octanol–water partition coefficient (Wildman–Crippen LogP) is 10.7. The van der Waals surface area contributed by atoms with Crippen LogP contribution in [0.15, 0.2) is 132 Å². The highest BCUT2D eigenvalue weighted by Gasteiger charge is 2.21. The third-order valence-electron chi connectivity index (χ3n) is 8.29. The Morgan fingerprint density at radius 1 is 0.651 bits per heavy atom. The molecule has 0 atom stereocenters. The minimum atomic E-state index is -0.442. The smallest absolute Gasteiger partial charge is 0.235 e. The van der Waals surface area contributed by atoms with Gasteiger partial charge < -0.3 is 4.42 Å². The van der Waals surface area contributed by atoms with Gasteiger partial charge in [0.15, 0.2) is 0 Å². The van der Waals surface area contributed by atoms with Crippen LogP contribution in [-0.2, 0) is 0 Å². The van der Waals surface area contributed by atoms with E-state index in [0.29, 0.717) is 21.9 Å². The SMILES string of the molecule is [2H]c1c([2H])c([2H])c(-c2nc(-n3c4ccccc4c4cc5ccc6oc7ccccc7c6c5cc43)nc3c2sc2ccccc23)c([2H])c1[2H]. The van der Waals surface area contributed by atoms with E-state index in [0.717, 1.165) is 64.6 Å². The van der Waals surface area contributed by atoms with E-state index >= 15 is 0 Å². The quantitative estimate of drug-likeness (QED) is 0.207. The number of thiophene rings is 1. The Kier molecular flexibility index (Phi) is 3.72. The van der Waals surface area contributed by atoms with Gasteiger partial charge in [0.2, 0.25) is 5.95 Å². The molecule has 6 aromatic carbocycles. The summed E-state index contributed by atoms with van der Waals surface area (Å²) >= 11 is 1.45. The van der Waals surface area contributed by atoms with Crippen molar-refractivity contribution in [2.45, 2.75) is 0 Å². The second-order valence-corrected chi connectivity index (χ2v) is 11.7. The number of fused-ring (bicyclic) bond motifs is 11. The Labute approximate surface area is 256 Å². The summed E-state index contributed by atoms with van der Waals surface area (Å²) in [5.41, 5.74) is 4.42. The monoisotopic (exact) mass is 572 g/mol. The summed E-state index contributed by atoms with van der Waals surface area (Å²) in [6.07, 6.45) is 0. The van der Waals surface area contributed by atoms with Crippen molar-refractivity contribution in [3.8, 4) is 17.2 Å². The molecule has 0 aliphatic heterocycles. The normalized spacial score (nSPS) is 13.8. The molecule has 0 N–H and O–H groups in total. The van der Waals surface area contributed by atoms with E-state index in [9.17, 15) is 0 Å². The number of hydrogen-bond acceptors (Lipinski definition) is 4. The van der Waals surface area contributed by atoms with Crippen molar-refractivity contribution >= 4 is 86.2 Å². The average Bonchev–Trinajstić information content (AvgIpc) is 3.78. The van der Waals surface area contributed by atoms with Crippen LogP contribution in [-0.4, -0.2) is 14.5 Å². The lowest BCUT2D eigenvalue weighted by Crippen LogP contribution is -2.02. The van der Waals surface area contributed by atoms with Crippen LogP contribution in [0.3, 0.4) is 0 Å². The molecule has 0 spiro atoms. The zero-order chi connectivity index (χ0) is 32.4. The topological polar surface area (TPSA) is 43.9 Å². The summed E-state index contributed by atoms with van der Waals surface area (Å²) < 4.78 is 52.7. The summed E-state index contributed by atoms with van der Waals surface area (Å²) in [6.45, 7) is 0. The predicted molar refractivity (Wildman–Crippen MR) is 179 cm³/mol. The van der Waals surface area contributed by atoms with Crippen molar-refractivity contribution in [2.24, 2.45) is 0 Å². The summed E-state index contributed by atoms with van der Waals surface area (Å²) in [6, 6.07) is 30.7. The van der Waals surface area contributed by atoms with Gasteiger partial charge in [-0.3, -0.25) is 4.57 Å². The molecular weight excluding hydrogens is 547 g/mol. The Morgan fingerprint density at radius 2 is 1.44 bits per heavy atom. The molecule has 200 valence electrons. The summed E-state index contributed by atoms with van der Waals surface area (Å²) in [4.78, 5) is 10.3. The van der Waals surface area contributed by atoms with Gasteiger partial charge in [0.05, 0.1) is 33.8 Å². The van der Waals surface area contributed by atoms with Crippen LogP contribution in [0.5, 0.6) is 0 Å². The van der Waals surface area contributed by atoms with Crippen LogP contribution in [0.4, 0.5) is 0 Å². The van der Waals surface area contributed by atoms with E-state index in [2.05, 4.69) is 30.3 Å². The molecule has 0 aliphatic rings. The van der Waals surface area contributed by atoms with E-state index < -0.39 is 18.1 Å². The Bertz CT molecular complexity index is 3000. The third-order valence-corrected chi connectivity index (χ3v) is 9.46. The third kappa shape index (κ3) is 3.20. The Morgan fingerprint density at radius 3 is 2.35 bits per heavy atom. The molecule has 0 saturated carbocycles. The number of benzene rings is 6. The first-order chi connectivity index (χ1) is 23.4. The highest BCUT2D eigenvalue weighted by Crippen LogP contribution is 2.42. The van der Waals surface area contributed by atoms with Crippen molar-refractivity contribution in [3.63, 3.8) is 0 Å². The molecule has 0 fully saturated rings. The number of aromatic nitrogens is 3.